The lowest BCUT2D eigenvalue weighted by molar-refractivity contribution is 0.888. The van der Waals surface area contributed by atoms with E-state index in [0.717, 1.165) is 24.6 Å². The van der Waals surface area contributed by atoms with Crippen molar-refractivity contribution in [2.45, 2.75) is 23.7 Å². The zero-order chi connectivity index (χ0) is 10.1. The van der Waals surface area contributed by atoms with Gasteiger partial charge in [0, 0.05) is 5.92 Å². The summed E-state index contributed by atoms with van der Waals surface area (Å²) in [5.41, 5.74) is 5.26. The molecule has 1 aromatic rings. The Hall–Kier alpha value is -1.48. The summed E-state index contributed by atoms with van der Waals surface area (Å²) in [6.07, 6.45) is 2.10. The first-order valence-corrected chi connectivity index (χ1v) is 4.99. The first-order valence-electron chi connectivity index (χ1n) is 4.18. The van der Waals surface area contributed by atoms with Gasteiger partial charge in [0.25, 0.3) is 5.56 Å². The summed E-state index contributed by atoms with van der Waals surface area (Å²) in [6, 6.07) is 0. The Morgan fingerprint density at radius 1 is 1.64 bits per heavy atom. The van der Waals surface area contributed by atoms with Gasteiger partial charge in [-0.15, -0.1) is 0 Å². The van der Waals surface area contributed by atoms with Crippen LogP contribution in [0.3, 0.4) is 0 Å². The highest BCUT2D eigenvalue weighted by atomic mass is 32.2. The molecule has 1 heterocycles. The molecule has 0 bridgehead atoms. The van der Waals surface area contributed by atoms with Gasteiger partial charge < -0.3 is 10.7 Å². The van der Waals surface area contributed by atoms with Crippen molar-refractivity contribution < 1.29 is 0 Å². The number of aromatic amines is 1. The van der Waals surface area contributed by atoms with E-state index in [2.05, 4.69) is 9.97 Å². The van der Waals surface area contributed by atoms with Gasteiger partial charge in [0.15, 0.2) is 0 Å². The lowest BCUT2D eigenvalue weighted by atomic mass is 10.4. The number of H-pyrrole nitrogens is 1. The van der Waals surface area contributed by atoms with E-state index in [1.165, 1.54) is 0 Å². The quantitative estimate of drug-likeness (QED) is 0.553. The van der Waals surface area contributed by atoms with Crippen LogP contribution in [0.1, 0.15) is 24.6 Å². The van der Waals surface area contributed by atoms with E-state index in [4.69, 9.17) is 11.0 Å². The van der Waals surface area contributed by atoms with Crippen molar-refractivity contribution in [2.75, 3.05) is 5.73 Å². The molecule has 3 N–H and O–H groups in total. The van der Waals surface area contributed by atoms with Crippen LogP contribution in [0.4, 0.5) is 5.82 Å². The third-order valence-electron chi connectivity index (χ3n) is 2.03. The molecular weight excluding hydrogens is 200 g/mol. The van der Waals surface area contributed by atoms with Gasteiger partial charge in [0.05, 0.1) is 0 Å². The molecule has 6 heteroatoms. The molecule has 0 atom stereocenters. The lowest BCUT2D eigenvalue weighted by Gasteiger charge is -2.01. The van der Waals surface area contributed by atoms with E-state index in [9.17, 15) is 4.79 Å². The van der Waals surface area contributed by atoms with Crippen LogP contribution in [0, 0.1) is 10.7 Å². The number of rotatable bonds is 2. The number of nitrogen functional groups attached to an aromatic ring is 1. The maximum Gasteiger partial charge on any atom is 0.267 e. The molecule has 5 nitrogen and oxygen atoms in total. The first-order chi connectivity index (χ1) is 6.72. The predicted molar refractivity (Wildman–Crippen MR) is 52.7 cm³/mol. The summed E-state index contributed by atoms with van der Waals surface area (Å²) < 4.78 is 0. The monoisotopic (exact) mass is 208 g/mol. The molecule has 1 saturated carbocycles. The number of hydrogen-bond donors (Lipinski definition) is 2. The standard InChI is InChI=1S/C8H8N4OS/c9-3-14-5-6(10)11-7(4-1-2-4)12-8(5)13/h4H,1-2H2,(H3,10,11,12,13). The van der Waals surface area contributed by atoms with Gasteiger partial charge in [-0.1, -0.05) is 0 Å². The number of thiocyanates is 1. The van der Waals surface area contributed by atoms with Crippen molar-refractivity contribution >= 4 is 17.6 Å². The highest BCUT2D eigenvalue weighted by molar-refractivity contribution is 8.03. The van der Waals surface area contributed by atoms with Crippen LogP contribution in [0.25, 0.3) is 0 Å². The van der Waals surface area contributed by atoms with Gasteiger partial charge >= 0.3 is 0 Å². The Morgan fingerprint density at radius 3 is 2.86 bits per heavy atom. The Kier molecular flexibility index (Phi) is 2.17. The van der Waals surface area contributed by atoms with Crippen molar-refractivity contribution in [3.63, 3.8) is 0 Å². The molecule has 0 radical (unpaired) electrons. The Bertz CT molecular complexity index is 457. The third-order valence-corrected chi connectivity index (χ3v) is 2.72. The maximum absolute atomic E-state index is 11.4. The van der Waals surface area contributed by atoms with E-state index in [0.29, 0.717) is 11.7 Å². The van der Waals surface area contributed by atoms with E-state index in [1.54, 1.807) is 5.40 Å². The fourth-order valence-corrected chi connectivity index (χ4v) is 1.58. The minimum Gasteiger partial charge on any atom is -0.383 e. The molecule has 14 heavy (non-hydrogen) atoms. The fraction of sp³-hybridized carbons (Fsp3) is 0.375. The summed E-state index contributed by atoms with van der Waals surface area (Å²) in [6.45, 7) is 0. The van der Waals surface area contributed by atoms with Crippen molar-refractivity contribution in [3.05, 3.63) is 16.2 Å². The predicted octanol–water partition coefficient (Wildman–Crippen LogP) is 0.803. The largest absolute Gasteiger partial charge is 0.383 e. The van der Waals surface area contributed by atoms with Gasteiger partial charge in [-0.3, -0.25) is 4.79 Å². The summed E-state index contributed by atoms with van der Waals surface area (Å²) in [5, 5.41) is 10.2. The zero-order valence-corrected chi connectivity index (χ0v) is 8.10. The summed E-state index contributed by atoms with van der Waals surface area (Å²) in [4.78, 5) is 18.3. The second kappa shape index (κ2) is 3.35. The van der Waals surface area contributed by atoms with E-state index in [-0.39, 0.29) is 16.3 Å². The SMILES string of the molecule is N#CSc1c(N)nc(C2CC2)[nH]c1=O. The lowest BCUT2D eigenvalue weighted by Crippen LogP contribution is -2.15. The van der Waals surface area contributed by atoms with Gasteiger partial charge in [0.2, 0.25) is 0 Å². The fourth-order valence-electron chi connectivity index (χ4n) is 1.19. The van der Waals surface area contributed by atoms with Crippen LogP contribution in [0.5, 0.6) is 0 Å². The number of nitrogens with one attached hydrogen (secondary N) is 1. The second-order valence-corrected chi connectivity index (χ2v) is 3.93. The number of nitrogens with two attached hydrogens (primary N) is 1. The summed E-state index contributed by atoms with van der Waals surface area (Å²) in [7, 11) is 0. The van der Waals surface area contributed by atoms with E-state index >= 15 is 0 Å². The first kappa shape index (κ1) is 9.09. The molecule has 0 saturated heterocycles. The zero-order valence-electron chi connectivity index (χ0n) is 7.28. The molecule has 72 valence electrons. The molecule has 0 aliphatic heterocycles. The second-order valence-electron chi connectivity index (χ2n) is 3.13. The van der Waals surface area contributed by atoms with Crippen molar-refractivity contribution in [1.82, 2.24) is 9.97 Å². The number of thioether (sulfide) groups is 1. The summed E-state index contributed by atoms with van der Waals surface area (Å²) >= 11 is 0.744. The smallest absolute Gasteiger partial charge is 0.267 e. The molecular formula is C8H8N4OS. The van der Waals surface area contributed by atoms with Crippen molar-refractivity contribution in [2.24, 2.45) is 0 Å². The van der Waals surface area contributed by atoms with Crippen LogP contribution in [-0.2, 0) is 0 Å². The van der Waals surface area contributed by atoms with Crippen molar-refractivity contribution in [1.29, 1.82) is 5.26 Å². The van der Waals surface area contributed by atoms with E-state index in [1.807, 2.05) is 0 Å². The average molecular weight is 208 g/mol. The average Bonchev–Trinajstić information content (AvgIpc) is 2.93. The van der Waals surface area contributed by atoms with Gasteiger partial charge in [-0.05, 0) is 24.6 Å². The number of anilines is 1. The number of nitriles is 1. The molecule has 0 aromatic carbocycles. The van der Waals surface area contributed by atoms with Crippen LogP contribution >= 0.6 is 11.8 Å². The van der Waals surface area contributed by atoms with Crippen LogP contribution in [-0.4, -0.2) is 9.97 Å². The minimum absolute atomic E-state index is 0.155. The molecule has 0 amide bonds. The molecule has 1 fully saturated rings. The minimum atomic E-state index is -0.314. The summed E-state index contributed by atoms with van der Waals surface area (Å²) in [5.74, 6) is 1.16. The Labute approximate surface area is 84.3 Å². The Morgan fingerprint density at radius 2 is 2.36 bits per heavy atom. The molecule has 1 aliphatic carbocycles. The van der Waals surface area contributed by atoms with Gasteiger partial charge in [0.1, 0.15) is 21.9 Å². The van der Waals surface area contributed by atoms with Crippen LogP contribution < -0.4 is 11.3 Å². The molecule has 0 spiro atoms. The van der Waals surface area contributed by atoms with E-state index < -0.39 is 0 Å². The van der Waals surface area contributed by atoms with Crippen LogP contribution in [0.15, 0.2) is 9.69 Å². The number of nitrogens with zero attached hydrogens (tertiary/aromatic N) is 2. The molecule has 2 rings (SSSR count). The molecule has 1 aromatic heterocycles. The maximum atomic E-state index is 11.4. The normalized spacial score (nSPS) is 15.1. The molecule has 0 unspecified atom stereocenters. The van der Waals surface area contributed by atoms with Gasteiger partial charge in [-0.2, -0.15) is 5.26 Å². The highest BCUT2D eigenvalue weighted by Gasteiger charge is 2.27. The van der Waals surface area contributed by atoms with Crippen LogP contribution in [0.2, 0.25) is 0 Å². The third kappa shape index (κ3) is 1.59. The topological polar surface area (TPSA) is 95.6 Å². The number of hydrogen-bond acceptors (Lipinski definition) is 5. The Balaban J connectivity index is 2.45. The van der Waals surface area contributed by atoms with Gasteiger partial charge in [-0.25, -0.2) is 4.98 Å². The highest BCUT2D eigenvalue weighted by Crippen LogP contribution is 2.38. The number of aromatic nitrogens is 2. The molecule has 1 aliphatic rings. The van der Waals surface area contributed by atoms with Crippen molar-refractivity contribution in [3.8, 4) is 5.40 Å².